The SMILES string of the molecule is CC1CN(C(=O)OC(C)(C)C)CCN1C1CCN(C(=O)Nc2cc(OC(F)(F)F)c(Br)cc2Cl)CC1. The van der Waals surface area contributed by atoms with E-state index in [0.717, 1.165) is 18.9 Å². The summed E-state index contributed by atoms with van der Waals surface area (Å²) in [5, 5.41) is 2.67. The Morgan fingerprint density at radius 2 is 1.72 bits per heavy atom. The summed E-state index contributed by atoms with van der Waals surface area (Å²) in [7, 11) is 0. The largest absolute Gasteiger partial charge is 0.573 e. The molecule has 0 radical (unpaired) electrons. The summed E-state index contributed by atoms with van der Waals surface area (Å²) in [4.78, 5) is 30.9. The van der Waals surface area contributed by atoms with E-state index in [4.69, 9.17) is 16.3 Å². The van der Waals surface area contributed by atoms with Crippen LogP contribution < -0.4 is 10.1 Å². The van der Waals surface area contributed by atoms with Gasteiger partial charge in [-0.05, 0) is 62.5 Å². The first-order valence-electron chi connectivity index (χ1n) is 11.7. The number of alkyl halides is 3. The van der Waals surface area contributed by atoms with Gasteiger partial charge in [0.25, 0.3) is 0 Å². The molecule has 1 aromatic rings. The number of hydrogen-bond donors (Lipinski definition) is 1. The van der Waals surface area contributed by atoms with Crippen molar-refractivity contribution in [3.63, 3.8) is 0 Å². The Bertz CT molecular complexity index is 968. The first-order valence-corrected chi connectivity index (χ1v) is 12.8. The van der Waals surface area contributed by atoms with E-state index in [9.17, 15) is 22.8 Å². The molecule has 0 spiro atoms. The molecule has 1 unspecified atom stereocenters. The van der Waals surface area contributed by atoms with Gasteiger partial charge in [-0.15, -0.1) is 13.2 Å². The number of rotatable bonds is 3. The molecule has 1 atom stereocenters. The molecule has 2 aliphatic heterocycles. The van der Waals surface area contributed by atoms with Crippen molar-refractivity contribution in [1.82, 2.24) is 14.7 Å². The number of urea groups is 1. The van der Waals surface area contributed by atoms with E-state index >= 15 is 0 Å². The molecule has 0 saturated carbocycles. The van der Waals surface area contributed by atoms with Gasteiger partial charge in [0.2, 0.25) is 0 Å². The van der Waals surface area contributed by atoms with Crippen molar-refractivity contribution < 1.29 is 32.2 Å². The Labute approximate surface area is 222 Å². The molecular weight excluding hydrogens is 569 g/mol. The van der Waals surface area contributed by atoms with Crippen LogP contribution in [-0.4, -0.2) is 83.6 Å². The van der Waals surface area contributed by atoms with Crippen molar-refractivity contribution in [3.05, 3.63) is 21.6 Å². The highest BCUT2D eigenvalue weighted by Crippen LogP contribution is 2.37. The highest BCUT2D eigenvalue weighted by molar-refractivity contribution is 9.10. The monoisotopic (exact) mass is 598 g/mol. The average molecular weight is 600 g/mol. The number of hydrogen-bond acceptors (Lipinski definition) is 5. The third kappa shape index (κ3) is 7.79. The van der Waals surface area contributed by atoms with Crippen molar-refractivity contribution in [2.75, 3.05) is 38.0 Å². The number of halogens is 5. The average Bonchev–Trinajstić information content (AvgIpc) is 2.75. The van der Waals surface area contributed by atoms with Crippen molar-refractivity contribution in [1.29, 1.82) is 0 Å². The van der Waals surface area contributed by atoms with E-state index in [-0.39, 0.29) is 33.4 Å². The number of likely N-dealkylation sites (tertiary alicyclic amines) is 1. The maximum Gasteiger partial charge on any atom is 0.573 e. The highest BCUT2D eigenvalue weighted by Gasteiger charge is 2.36. The third-order valence-corrected chi connectivity index (χ3v) is 6.97. The minimum absolute atomic E-state index is 0.0181. The van der Waals surface area contributed by atoms with Crippen LogP contribution in [0.25, 0.3) is 0 Å². The van der Waals surface area contributed by atoms with E-state index < -0.39 is 23.7 Å². The number of benzene rings is 1. The normalized spacial score (nSPS) is 20.3. The van der Waals surface area contributed by atoms with Crippen molar-refractivity contribution in [2.24, 2.45) is 0 Å². The zero-order valence-corrected chi connectivity index (χ0v) is 23.0. The smallest absolute Gasteiger partial charge is 0.444 e. The third-order valence-electron chi connectivity index (χ3n) is 6.04. The lowest BCUT2D eigenvalue weighted by Gasteiger charge is -2.46. The van der Waals surface area contributed by atoms with Gasteiger partial charge in [0.1, 0.15) is 11.4 Å². The van der Waals surface area contributed by atoms with Crippen LogP contribution in [0.2, 0.25) is 5.02 Å². The molecule has 0 aliphatic carbocycles. The van der Waals surface area contributed by atoms with Gasteiger partial charge < -0.3 is 24.6 Å². The molecule has 0 aromatic heterocycles. The maximum atomic E-state index is 12.8. The van der Waals surface area contributed by atoms with Crippen molar-refractivity contribution in [2.45, 2.75) is 64.6 Å². The number of piperazine rings is 1. The standard InChI is InChI=1S/C23H31BrClF3N4O4/c1-14-13-31(21(34)36-22(2,3)4)9-10-32(14)15-5-7-30(8-6-15)20(33)29-18-12-19(35-23(26,27)28)16(24)11-17(18)25/h11-12,14-15H,5-10,13H2,1-4H3,(H,29,33). The molecule has 3 rings (SSSR count). The van der Waals surface area contributed by atoms with E-state index in [2.05, 4.69) is 37.8 Å². The molecule has 202 valence electrons. The Balaban J connectivity index is 1.53. The molecule has 1 N–H and O–H groups in total. The minimum Gasteiger partial charge on any atom is -0.444 e. The molecular formula is C23H31BrClF3N4O4. The summed E-state index contributed by atoms with van der Waals surface area (Å²) in [6, 6.07) is 2.23. The Morgan fingerprint density at radius 1 is 1.08 bits per heavy atom. The van der Waals surface area contributed by atoms with Gasteiger partial charge in [-0.2, -0.15) is 0 Å². The lowest BCUT2D eigenvalue weighted by Crippen LogP contribution is -2.59. The van der Waals surface area contributed by atoms with Crippen LogP contribution in [0, 0.1) is 0 Å². The zero-order chi connectivity index (χ0) is 26.8. The summed E-state index contributed by atoms with van der Waals surface area (Å²) < 4.78 is 47.4. The molecule has 3 amide bonds. The number of amides is 3. The molecule has 8 nitrogen and oxygen atoms in total. The maximum absolute atomic E-state index is 12.8. The lowest BCUT2D eigenvalue weighted by molar-refractivity contribution is -0.274. The summed E-state index contributed by atoms with van der Waals surface area (Å²) in [6.45, 7) is 10.4. The van der Waals surface area contributed by atoms with Gasteiger partial charge >= 0.3 is 18.5 Å². The van der Waals surface area contributed by atoms with Gasteiger partial charge in [-0.1, -0.05) is 11.6 Å². The Hall–Kier alpha value is -1.92. The predicted molar refractivity (Wildman–Crippen MR) is 133 cm³/mol. The van der Waals surface area contributed by atoms with Gasteiger partial charge in [-0.25, -0.2) is 9.59 Å². The molecule has 2 heterocycles. The van der Waals surface area contributed by atoms with E-state index in [0.29, 0.717) is 32.7 Å². The molecule has 0 bridgehead atoms. The second kappa shape index (κ2) is 11.2. The van der Waals surface area contributed by atoms with E-state index in [1.165, 1.54) is 6.07 Å². The quantitative estimate of drug-likeness (QED) is 0.466. The van der Waals surface area contributed by atoms with Crippen molar-refractivity contribution >= 4 is 45.3 Å². The molecule has 2 fully saturated rings. The van der Waals surface area contributed by atoms with E-state index in [1.54, 1.807) is 9.80 Å². The summed E-state index contributed by atoms with van der Waals surface area (Å²) in [5.41, 5.74) is -0.517. The van der Waals surface area contributed by atoms with E-state index in [1.807, 2.05) is 20.8 Å². The predicted octanol–water partition coefficient (Wildman–Crippen LogP) is 5.94. The van der Waals surface area contributed by atoms with Crippen LogP contribution in [0.15, 0.2) is 16.6 Å². The van der Waals surface area contributed by atoms with Crippen LogP contribution >= 0.6 is 27.5 Å². The first-order chi connectivity index (χ1) is 16.6. The number of piperidine rings is 1. The van der Waals surface area contributed by atoms with Gasteiger partial charge in [-0.3, -0.25) is 4.90 Å². The van der Waals surface area contributed by atoms with Gasteiger partial charge in [0.15, 0.2) is 0 Å². The fraction of sp³-hybridized carbons (Fsp3) is 0.652. The van der Waals surface area contributed by atoms with Crippen LogP contribution in [0.1, 0.15) is 40.5 Å². The lowest BCUT2D eigenvalue weighted by atomic mass is 10.00. The topological polar surface area (TPSA) is 74.4 Å². The van der Waals surface area contributed by atoms with Crippen LogP contribution in [0.3, 0.4) is 0 Å². The van der Waals surface area contributed by atoms with Crippen LogP contribution in [0.5, 0.6) is 5.75 Å². The summed E-state index contributed by atoms with van der Waals surface area (Å²) in [5.74, 6) is -0.500. The first kappa shape index (κ1) is 28.6. The number of nitrogens with zero attached hydrogens (tertiary/aromatic N) is 3. The Morgan fingerprint density at radius 3 is 2.28 bits per heavy atom. The van der Waals surface area contributed by atoms with Gasteiger partial charge in [0, 0.05) is 50.9 Å². The second-order valence-corrected chi connectivity index (χ2v) is 11.2. The molecule has 2 saturated heterocycles. The minimum atomic E-state index is -4.88. The number of carbonyl (C=O) groups is 2. The molecule has 2 aliphatic rings. The number of carbonyl (C=O) groups excluding carboxylic acids is 2. The number of ether oxygens (including phenoxy) is 2. The van der Waals surface area contributed by atoms with Gasteiger partial charge in [0.05, 0.1) is 15.2 Å². The zero-order valence-electron chi connectivity index (χ0n) is 20.6. The molecule has 36 heavy (non-hydrogen) atoms. The summed E-state index contributed by atoms with van der Waals surface area (Å²) in [6.07, 6.45) is -3.72. The second-order valence-electron chi connectivity index (χ2n) is 9.97. The molecule has 13 heteroatoms. The van der Waals surface area contributed by atoms with Crippen LogP contribution in [0.4, 0.5) is 28.4 Å². The fourth-order valence-corrected chi connectivity index (χ4v) is 5.20. The number of nitrogens with one attached hydrogen (secondary N) is 1. The highest BCUT2D eigenvalue weighted by atomic mass is 79.9. The fourth-order valence-electron chi connectivity index (χ4n) is 4.43. The number of anilines is 1. The molecule has 1 aromatic carbocycles. The van der Waals surface area contributed by atoms with Crippen LogP contribution in [-0.2, 0) is 4.74 Å². The Kier molecular flexibility index (Phi) is 8.93. The summed E-state index contributed by atoms with van der Waals surface area (Å²) >= 11 is 9.11. The van der Waals surface area contributed by atoms with Crippen molar-refractivity contribution in [3.8, 4) is 5.75 Å².